The predicted molar refractivity (Wildman–Crippen MR) is 151 cm³/mol. The van der Waals surface area contributed by atoms with E-state index < -0.39 is 10.0 Å². The summed E-state index contributed by atoms with van der Waals surface area (Å²) in [5, 5.41) is 11.0. The second-order valence-electron chi connectivity index (χ2n) is 8.10. The largest absolute Gasteiger partial charge is 0.325 e. The Balaban J connectivity index is 1.30. The number of halogens is 1. The Bertz CT molecular complexity index is 1810. The number of aromatic nitrogens is 4. The molecule has 196 valence electrons. The molecular formula is C26H19ClN6O4S2. The zero-order valence-corrected chi connectivity index (χ0v) is 22.4. The van der Waals surface area contributed by atoms with E-state index in [4.69, 9.17) is 11.6 Å². The normalized spacial score (nSPS) is 11.3. The standard InChI is InChI=1S/C26H19ClN6O4S2/c27-22-14-15-23(31-30-22)32-39(36,37)19-12-10-17(11-13-19)28-24(34)16-38-26-29-21-9-5-4-8-20(21)25(35)33(26)18-6-2-1-3-7-18/h1-15H,16H2,(H,28,34)(H,31,32). The molecule has 2 heterocycles. The molecule has 2 N–H and O–H groups in total. The van der Waals surface area contributed by atoms with Crippen LogP contribution in [0.3, 0.4) is 0 Å². The minimum atomic E-state index is -3.92. The van der Waals surface area contributed by atoms with Crippen molar-refractivity contribution < 1.29 is 13.2 Å². The van der Waals surface area contributed by atoms with Gasteiger partial charge in [0.1, 0.15) is 0 Å². The van der Waals surface area contributed by atoms with Crippen LogP contribution in [0.15, 0.2) is 106 Å². The SMILES string of the molecule is O=C(CSc1nc2ccccc2c(=O)n1-c1ccccc1)Nc1ccc(S(=O)(=O)Nc2ccc(Cl)nn2)cc1. The van der Waals surface area contributed by atoms with Crippen molar-refractivity contribution in [3.05, 3.63) is 107 Å². The van der Waals surface area contributed by atoms with Gasteiger partial charge < -0.3 is 5.32 Å². The number of nitrogens with one attached hydrogen (secondary N) is 2. The van der Waals surface area contributed by atoms with E-state index in [1.165, 1.54) is 41.0 Å². The Hall–Kier alpha value is -4.26. The van der Waals surface area contributed by atoms with Crippen molar-refractivity contribution in [2.24, 2.45) is 0 Å². The number of sulfonamides is 1. The number of hydrogen-bond donors (Lipinski definition) is 2. The molecule has 0 aliphatic rings. The first kappa shape index (κ1) is 26.4. The number of fused-ring (bicyclic) bond motifs is 1. The average molecular weight is 579 g/mol. The summed E-state index contributed by atoms with van der Waals surface area (Å²) in [5.41, 5.74) is 1.34. The number of benzene rings is 3. The van der Waals surface area contributed by atoms with Crippen LogP contribution in [-0.4, -0.2) is 39.8 Å². The van der Waals surface area contributed by atoms with Gasteiger partial charge in [0, 0.05) is 5.69 Å². The number of rotatable bonds is 8. The van der Waals surface area contributed by atoms with Gasteiger partial charge in [0.2, 0.25) is 5.91 Å². The highest BCUT2D eigenvalue weighted by molar-refractivity contribution is 7.99. The highest BCUT2D eigenvalue weighted by Gasteiger charge is 2.17. The van der Waals surface area contributed by atoms with E-state index in [1.807, 2.05) is 18.2 Å². The van der Waals surface area contributed by atoms with Gasteiger partial charge in [0.05, 0.1) is 27.2 Å². The van der Waals surface area contributed by atoms with Gasteiger partial charge in [-0.1, -0.05) is 53.7 Å². The fraction of sp³-hybridized carbons (Fsp3) is 0.0385. The number of amides is 1. The molecule has 0 spiro atoms. The lowest BCUT2D eigenvalue weighted by atomic mass is 10.2. The first-order chi connectivity index (χ1) is 18.8. The molecule has 0 bridgehead atoms. The number of thioether (sulfide) groups is 1. The summed E-state index contributed by atoms with van der Waals surface area (Å²) >= 11 is 6.80. The Morgan fingerprint density at radius 3 is 2.33 bits per heavy atom. The molecule has 0 radical (unpaired) electrons. The number of nitrogens with zero attached hydrogens (tertiary/aromatic N) is 4. The zero-order chi connectivity index (χ0) is 27.4. The zero-order valence-electron chi connectivity index (χ0n) is 20.0. The number of carbonyl (C=O) groups is 1. The molecule has 0 atom stereocenters. The van der Waals surface area contributed by atoms with Crippen LogP contribution >= 0.6 is 23.4 Å². The molecule has 0 saturated heterocycles. The Kier molecular flexibility index (Phi) is 7.59. The smallest absolute Gasteiger partial charge is 0.266 e. The molecule has 3 aromatic carbocycles. The van der Waals surface area contributed by atoms with Crippen LogP contribution < -0.4 is 15.6 Å². The van der Waals surface area contributed by atoms with Crippen molar-refractivity contribution in [3.63, 3.8) is 0 Å². The third kappa shape index (κ3) is 6.08. The number of anilines is 2. The minimum absolute atomic E-state index is 0.0186. The van der Waals surface area contributed by atoms with Gasteiger partial charge >= 0.3 is 0 Å². The molecule has 2 aromatic heterocycles. The molecule has 1 amide bonds. The van der Waals surface area contributed by atoms with Gasteiger partial charge in [0.15, 0.2) is 16.1 Å². The van der Waals surface area contributed by atoms with Gasteiger partial charge in [-0.15, -0.1) is 10.2 Å². The van der Waals surface area contributed by atoms with Gasteiger partial charge in [-0.25, -0.2) is 13.4 Å². The third-order valence-electron chi connectivity index (χ3n) is 5.41. The van der Waals surface area contributed by atoms with Crippen molar-refractivity contribution in [3.8, 4) is 5.69 Å². The van der Waals surface area contributed by atoms with E-state index in [-0.39, 0.29) is 33.1 Å². The minimum Gasteiger partial charge on any atom is -0.325 e. The fourth-order valence-electron chi connectivity index (χ4n) is 3.63. The summed E-state index contributed by atoms with van der Waals surface area (Å²) in [6.07, 6.45) is 0. The van der Waals surface area contributed by atoms with Crippen molar-refractivity contribution in [2.75, 3.05) is 15.8 Å². The van der Waals surface area contributed by atoms with E-state index in [0.717, 1.165) is 11.8 Å². The molecule has 0 unspecified atom stereocenters. The van der Waals surface area contributed by atoms with E-state index in [9.17, 15) is 18.0 Å². The number of carbonyl (C=O) groups excluding carboxylic acids is 1. The quantitative estimate of drug-likeness (QED) is 0.205. The second kappa shape index (κ2) is 11.2. The number of hydrogen-bond acceptors (Lipinski definition) is 8. The highest BCUT2D eigenvalue weighted by Crippen LogP contribution is 2.22. The van der Waals surface area contributed by atoms with E-state index in [0.29, 0.717) is 27.4 Å². The summed E-state index contributed by atoms with van der Waals surface area (Å²) < 4.78 is 29.0. The van der Waals surface area contributed by atoms with Crippen LogP contribution in [0.5, 0.6) is 0 Å². The van der Waals surface area contributed by atoms with Crippen LogP contribution in [0, 0.1) is 0 Å². The molecule has 0 saturated carbocycles. The Morgan fingerprint density at radius 2 is 1.62 bits per heavy atom. The molecule has 0 aliphatic carbocycles. The van der Waals surface area contributed by atoms with E-state index in [1.54, 1.807) is 36.4 Å². The summed E-state index contributed by atoms with van der Waals surface area (Å²) in [4.78, 5) is 30.6. The molecule has 0 fully saturated rings. The van der Waals surface area contributed by atoms with Crippen molar-refractivity contribution in [1.29, 1.82) is 0 Å². The number of para-hydroxylation sites is 2. The Morgan fingerprint density at radius 1 is 0.897 bits per heavy atom. The van der Waals surface area contributed by atoms with E-state index >= 15 is 0 Å². The first-order valence-corrected chi connectivity index (χ1v) is 14.3. The molecule has 5 rings (SSSR count). The van der Waals surface area contributed by atoms with Crippen LogP contribution in [0.4, 0.5) is 11.5 Å². The lowest BCUT2D eigenvalue weighted by Crippen LogP contribution is -2.23. The topological polar surface area (TPSA) is 136 Å². The molecule has 5 aromatic rings. The summed E-state index contributed by atoms with van der Waals surface area (Å²) in [6, 6.07) is 24.6. The van der Waals surface area contributed by atoms with Crippen molar-refractivity contribution in [2.45, 2.75) is 10.1 Å². The lowest BCUT2D eigenvalue weighted by Gasteiger charge is -2.13. The van der Waals surface area contributed by atoms with Gasteiger partial charge in [0.25, 0.3) is 15.6 Å². The van der Waals surface area contributed by atoms with Crippen LogP contribution in [0.2, 0.25) is 5.15 Å². The van der Waals surface area contributed by atoms with Gasteiger partial charge in [-0.05, 0) is 60.7 Å². The van der Waals surface area contributed by atoms with Crippen molar-refractivity contribution >= 4 is 61.7 Å². The van der Waals surface area contributed by atoms with Gasteiger partial charge in [-0.3, -0.25) is 18.9 Å². The molecular weight excluding hydrogens is 560 g/mol. The van der Waals surface area contributed by atoms with Crippen LogP contribution in [0.1, 0.15) is 0 Å². The Labute approximate surface area is 232 Å². The highest BCUT2D eigenvalue weighted by atomic mass is 35.5. The fourth-order valence-corrected chi connectivity index (χ4v) is 5.54. The molecule has 0 aliphatic heterocycles. The van der Waals surface area contributed by atoms with Crippen LogP contribution in [-0.2, 0) is 14.8 Å². The van der Waals surface area contributed by atoms with E-state index in [2.05, 4.69) is 25.2 Å². The second-order valence-corrected chi connectivity index (χ2v) is 11.1. The van der Waals surface area contributed by atoms with Crippen molar-refractivity contribution in [1.82, 2.24) is 19.7 Å². The monoisotopic (exact) mass is 578 g/mol. The molecule has 13 heteroatoms. The average Bonchev–Trinajstić information content (AvgIpc) is 2.94. The summed E-state index contributed by atoms with van der Waals surface area (Å²) in [5.74, 6) is -0.369. The summed E-state index contributed by atoms with van der Waals surface area (Å²) in [6.45, 7) is 0. The summed E-state index contributed by atoms with van der Waals surface area (Å²) in [7, 11) is -3.92. The van der Waals surface area contributed by atoms with Crippen LogP contribution in [0.25, 0.3) is 16.6 Å². The predicted octanol–water partition coefficient (Wildman–Crippen LogP) is 4.36. The molecule has 10 nitrogen and oxygen atoms in total. The lowest BCUT2D eigenvalue weighted by molar-refractivity contribution is -0.113. The van der Waals surface area contributed by atoms with Gasteiger partial charge in [-0.2, -0.15) is 0 Å². The third-order valence-corrected chi connectivity index (χ3v) is 7.92. The maximum Gasteiger partial charge on any atom is 0.266 e. The maximum atomic E-state index is 13.3. The molecule has 39 heavy (non-hydrogen) atoms. The first-order valence-electron chi connectivity index (χ1n) is 11.4. The maximum absolute atomic E-state index is 13.3.